The number of nitrogens with zero attached hydrogens (tertiary/aromatic N) is 3. The molecule has 4 rings (SSSR count). The molecule has 0 spiro atoms. The van der Waals surface area contributed by atoms with Crippen LogP contribution in [-0.4, -0.2) is 58.5 Å². The second-order valence-corrected chi connectivity index (χ2v) is 9.17. The highest BCUT2D eigenvalue weighted by atomic mass is 32.2. The van der Waals surface area contributed by atoms with Crippen LogP contribution >= 0.6 is 0 Å². The Kier molecular flexibility index (Phi) is 5.47. The van der Waals surface area contributed by atoms with Crippen LogP contribution in [0.25, 0.3) is 0 Å². The number of piperazine rings is 1. The monoisotopic (exact) mass is 415 g/mol. The van der Waals surface area contributed by atoms with Gasteiger partial charge in [0.05, 0.1) is 12.0 Å². The second kappa shape index (κ2) is 8.04. The van der Waals surface area contributed by atoms with Crippen molar-refractivity contribution < 1.29 is 17.9 Å². The first-order chi connectivity index (χ1) is 14.0. The predicted molar refractivity (Wildman–Crippen MR) is 112 cm³/mol. The van der Waals surface area contributed by atoms with E-state index in [0.29, 0.717) is 39.1 Å². The topological polar surface area (TPSA) is 70.2 Å². The zero-order valence-corrected chi connectivity index (χ0v) is 17.3. The van der Waals surface area contributed by atoms with E-state index in [0.717, 1.165) is 23.5 Å². The van der Waals surface area contributed by atoms with E-state index in [2.05, 4.69) is 4.90 Å². The average Bonchev–Trinajstić information content (AvgIpc) is 3.20. The van der Waals surface area contributed by atoms with Gasteiger partial charge in [-0.1, -0.05) is 6.07 Å². The molecular weight excluding hydrogens is 390 g/mol. The number of rotatable bonds is 5. The minimum atomic E-state index is -3.56. The number of carbonyl (C=O) groups is 1. The molecule has 2 heterocycles. The Hall–Kier alpha value is -2.58. The van der Waals surface area contributed by atoms with Crippen LogP contribution < -0.4 is 14.5 Å². The quantitative estimate of drug-likeness (QED) is 0.750. The fraction of sp³-hybridized carbons (Fsp3) is 0.381. The summed E-state index contributed by atoms with van der Waals surface area (Å²) in [6, 6.07) is 14.4. The summed E-state index contributed by atoms with van der Waals surface area (Å²) in [5, 5.41) is 0. The molecular formula is C21H25N3O4S. The number of anilines is 2. The number of methoxy groups -OCH3 is 1. The first-order valence-corrected chi connectivity index (χ1v) is 11.2. The molecule has 2 aromatic rings. The van der Waals surface area contributed by atoms with Crippen LogP contribution in [0.15, 0.2) is 53.4 Å². The lowest BCUT2D eigenvalue weighted by atomic mass is 10.2. The van der Waals surface area contributed by atoms with E-state index in [-0.39, 0.29) is 10.8 Å². The summed E-state index contributed by atoms with van der Waals surface area (Å²) in [6.07, 6.45) is 1.40. The van der Waals surface area contributed by atoms with Gasteiger partial charge in [0.15, 0.2) is 0 Å². The number of ether oxygens (including phenoxy) is 1. The summed E-state index contributed by atoms with van der Waals surface area (Å²) in [4.78, 5) is 16.0. The van der Waals surface area contributed by atoms with Gasteiger partial charge in [-0.25, -0.2) is 8.42 Å². The molecule has 1 amide bonds. The van der Waals surface area contributed by atoms with E-state index in [1.54, 1.807) is 36.3 Å². The van der Waals surface area contributed by atoms with Crippen molar-refractivity contribution in [2.24, 2.45) is 0 Å². The van der Waals surface area contributed by atoms with Crippen molar-refractivity contribution in [1.82, 2.24) is 4.31 Å². The summed E-state index contributed by atoms with van der Waals surface area (Å²) in [7, 11) is -1.92. The zero-order valence-electron chi connectivity index (χ0n) is 16.5. The fourth-order valence-corrected chi connectivity index (χ4v) is 5.28. The smallest absolute Gasteiger partial charge is 0.243 e. The molecule has 29 heavy (non-hydrogen) atoms. The van der Waals surface area contributed by atoms with Crippen molar-refractivity contribution in [3.05, 3.63) is 48.5 Å². The Labute approximate surface area is 171 Å². The van der Waals surface area contributed by atoms with Gasteiger partial charge in [-0.15, -0.1) is 0 Å². The van der Waals surface area contributed by atoms with E-state index < -0.39 is 10.0 Å². The molecule has 0 bridgehead atoms. The number of sulfonamides is 1. The Morgan fingerprint density at radius 2 is 1.62 bits per heavy atom. The number of amides is 1. The van der Waals surface area contributed by atoms with Crippen molar-refractivity contribution in [3.8, 4) is 5.75 Å². The molecule has 0 atom stereocenters. The van der Waals surface area contributed by atoms with Gasteiger partial charge in [-0.05, 0) is 42.8 Å². The molecule has 0 aliphatic carbocycles. The van der Waals surface area contributed by atoms with Gasteiger partial charge in [0.1, 0.15) is 5.75 Å². The predicted octanol–water partition coefficient (Wildman–Crippen LogP) is 2.33. The minimum absolute atomic E-state index is 0.0919. The fourth-order valence-electron chi connectivity index (χ4n) is 3.86. The molecule has 7 nitrogen and oxygen atoms in total. The van der Waals surface area contributed by atoms with E-state index in [9.17, 15) is 13.2 Å². The van der Waals surface area contributed by atoms with Crippen LogP contribution in [0.4, 0.5) is 11.4 Å². The maximum absolute atomic E-state index is 13.0. The first-order valence-electron chi connectivity index (χ1n) is 9.78. The molecule has 154 valence electrons. The van der Waals surface area contributed by atoms with Crippen LogP contribution in [-0.2, 0) is 14.8 Å². The number of hydrogen-bond acceptors (Lipinski definition) is 5. The van der Waals surface area contributed by atoms with Crippen molar-refractivity contribution in [2.45, 2.75) is 17.7 Å². The zero-order chi connectivity index (χ0) is 20.4. The summed E-state index contributed by atoms with van der Waals surface area (Å²) in [5.41, 5.74) is 1.79. The number of benzene rings is 2. The number of carbonyl (C=O) groups excluding carboxylic acids is 1. The summed E-state index contributed by atoms with van der Waals surface area (Å²) in [6.45, 7) is 2.77. The van der Waals surface area contributed by atoms with Gasteiger partial charge >= 0.3 is 0 Å². The Morgan fingerprint density at radius 1 is 0.897 bits per heavy atom. The second-order valence-electron chi connectivity index (χ2n) is 7.24. The van der Waals surface area contributed by atoms with Gasteiger partial charge < -0.3 is 14.5 Å². The summed E-state index contributed by atoms with van der Waals surface area (Å²) < 4.78 is 32.9. The Bertz CT molecular complexity index is 983. The molecule has 2 fully saturated rings. The molecule has 0 unspecified atom stereocenters. The lowest BCUT2D eigenvalue weighted by Gasteiger charge is -2.35. The third kappa shape index (κ3) is 3.95. The van der Waals surface area contributed by atoms with Crippen LogP contribution in [0, 0.1) is 0 Å². The molecule has 2 aliphatic rings. The average molecular weight is 416 g/mol. The normalized spacial score (nSPS) is 18.3. The highest BCUT2D eigenvalue weighted by Crippen LogP contribution is 2.26. The molecule has 2 saturated heterocycles. The third-order valence-electron chi connectivity index (χ3n) is 5.52. The molecule has 0 aromatic heterocycles. The van der Waals surface area contributed by atoms with E-state index >= 15 is 0 Å². The maximum atomic E-state index is 13.0. The summed E-state index contributed by atoms with van der Waals surface area (Å²) in [5.74, 6) is 0.878. The molecule has 0 N–H and O–H groups in total. The van der Waals surface area contributed by atoms with Crippen LogP contribution in [0.2, 0.25) is 0 Å². The van der Waals surface area contributed by atoms with E-state index in [1.165, 1.54) is 4.31 Å². The van der Waals surface area contributed by atoms with Gasteiger partial charge in [0.2, 0.25) is 15.9 Å². The summed E-state index contributed by atoms with van der Waals surface area (Å²) >= 11 is 0. The highest BCUT2D eigenvalue weighted by Gasteiger charge is 2.29. The first kappa shape index (κ1) is 19.7. The highest BCUT2D eigenvalue weighted by molar-refractivity contribution is 7.89. The molecule has 2 aromatic carbocycles. The van der Waals surface area contributed by atoms with Gasteiger partial charge in [-0.2, -0.15) is 4.31 Å². The molecule has 0 saturated carbocycles. The van der Waals surface area contributed by atoms with Crippen LogP contribution in [0.3, 0.4) is 0 Å². The maximum Gasteiger partial charge on any atom is 0.243 e. The molecule has 0 radical (unpaired) electrons. The van der Waals surface area contributed by atoms with Crippen molar-refractivity contribution in [2.75, 3.05) is 49.6 Å². The van der Waals surface area contributed by atoms with Gasteiger partial charge in [-0.3, -0.25) is 4.79 Å². The van der Waals surface area contributed by atoms with Crippen molar-refractivity contribution in [1.29, 1.82) is 0 Å². The van der Waals surface area contributed by atoms with Gasteiger partial charge in [0, 0.05) is 56.6 Å². The van der Waals surface area contributed by atoms with E-state index in [1.807, 2.05) is 24.3 Å². The standard InChI is InChI=1S/C21H25N3O4S/c1-28-19-5-2-4-18(16-19)22-12-14-23(15-13-22)29(26,27)20-9-7-17(8-10-20)24-11-3-6-21(24)25/h2,4-5,7-10,16H,3,6,11-15H2,1H3. The van der Waals surface area contributed by atoms with Crippen LogP contribution in [0.1, 0.15) is 12.8 Å². The number of hydrogen-bond donors (Lipinski definition) is 0. The lowest BCUT2D eigenvalue weighted by Crippen LogP contribution is -2.48. The van der Waals surface area contributed by atoms with E-state index in [4.69, 9.17) is 4.74 Å². The largest absolute Gasteiger partial charge is 0.497 e. The lowest BCUT2D eigenvalue weighted by molar-refractivity contribution is -0.117. The Morgan fingerprint density at radius 3 is 2.24 bits per heavy atom. The van der Waals surface area contributed by atoms with Crippen molar-refractivity contribution >= 4 is 27.3 Å². The third-order valence-corrected chi connectivity index (χ3v) is 7.43. The Balaban J connectivity index is 1.44. The minimum Gasteiger partial charge on any atom is -0.497 e. The molecule has 8 heteroatoms. The van der Waals surface area contributed by atoms with Gasteiger partial charge in [0.25, 0.3) is 0 Å². The molecule has 2 aliphatic heterocycles. The van der Waals surface area contributed by atoms with Crippen molar-refractivity contribution in [3.63, 3.8) is 0 Å². The van der Waals surface area contributed by atoms with Crippen LogP contribution in [0.5, 0.6) is 5.75 Å². The SMILES string of the molecule is COc1cccc(N2CCN(S(=O)(=O)c3ccc(N4CCCC4=O)cc3)CC2)c1.